The summed E-state index contributed by atoms with van der Waals surface area (Å²) in [4.78, 5) is 21.7. The van der Waals surface area contributed by atoms with Gasteiger partial charge in [-0.25, -0.2) is 9.38 Å². The van der Waals surface area contributed by atoms with Gasteiger partial charge in [0.15, 0.2) is 5.17 Å². The lowest BCUT2D eigenvalue weighted by atomic mass is 9.85. The lowest BCUT2D eigenvalue weighted by Crippen LogP contribution is -2.44. The number of thioether (sulfide) groups is 1. The van der Waals surface area contributed by atoms with Gasteiger partial charge >= 0.3 is 0 Å². The highest BCUT2D eigenvalue weighted by molar-refractivity contribution is 8.18. The number of carbonyl (C=O) groups is 1. The number of rotatable bonds is 5. The molecule has 0 N–H and O–H groups in total. The van der Waals surface area contributed by atoms with Gasteiger partial charge < -0.3 is 4.57 Å². The molecule has 2 fully saturated rings. The van der Waals surface area contributed by atoms with Gasteiger partial charge in [-0.3, -0.25) is 9.69 Å². The number of halogens is 1. The molecule has 6 rings (SSSR count). The standard InChI is InChI=1S/C33H32FN3OS/c1-22-11-6-8-17-29(22)37-32(38)31(39-33(37)35-26-14-4-3-5-15-26)20-28-23(2)36(30-18-9-7-16-27(28)30)21-24-12-10-13-25(34)19-24/h3-5,7,9-10,12-16,18-20,22,29H,6,8,11,17,21H2,1-2H3/b31-20-,35-33?/t22-,29+/m0/s1. The van der Waals surface area contributed by atoms with Crippen LogP contribution in [-0.2, 0) is 11.3 Å². The van der Waals surface area contributed by atoms with Crippen LogP contribution in [0.5, 0.6) is 0 Å². The van der Waals surface area contributed by atoms with Crippen LogP contribution >= 0.6 is 11.8 Å². The molecule has 2 atom stereocenters. The zero-order chi connectivity index (χ0) is 26.9. The molecule has 0 radical (unpaired) electrons. The van der Waals surface area contributed by atoms with Gasteiger partial charge in [0.2, 0.25) is 0 Å². The number of aromatic nitrogens is 1. The Kier molecular flexibility index (Phi) is 7.13. The fourth-order valence-corrected chi connectivity index (χ4v) is 6.97. The maximum absolute atomic E-state index is 14.0. The lowest BCUT2D eigenvalue weighted by molar-refractivity contribution is -0.124. The Morgan fingerprint density at radius 3 is 2.56 bits per heavy atom. The molecule has 1 saturated carbocycles. The highest BCUT2D eigenvalue weighted by Crippen LogP contribution is 2.41. The summed E-state index contributed by atoms with van der Waals surface area (Å²) in [6.07, 6.45) is 6.52. The SMILES string of the molecule is Cc1c(/C=C2\SC(=Nc3ccccc3)N([C@@H]3CCCC[C@@H]3C)C2=O)c2ccccc2n1Cc1cccc(F)c1. The summed E-state index contributed by atoms with van der Waals surface area (Å²) in [5, 5.41) is 1.84. The number of aliphatic imine (C=N–C) groups is 1. The number of fused-ring (bicyclic) bond motifs is 1. The Bertz CT molecular complexity index is 1590. The van der Waals surface area contributed by atoms with Gasteiger partial charge in [0, 0.05) is 34.7 Å². The summed E-state index contributed by atoms with van der Waals surface area (Å²) >= 11 is 1.47. The van der Waals surface area contributed by atoms with Crippen molar-refractivity contribution in [3.8, 4) is 0 Å². The summed E-state index contributed by atoms with van der Waals surface area (Å²) in [5.41, 5.74) is 4.89. The number of para-hydroxylation sites is 2. The first-order chi connectivity index (χ1) is 19.0. The third-order valence-electron chi connectivity index (χ3n) is 8.00. The number of hydrogen-bond donors (Lipinski definition) is 0. The second-order valence-electron chi connectivity index (χ2n) is 10.6. The van der Waals surface area contributed by atoms with Crippen LogP contribution in [-0.4, -0.2) is 26.6 Å². The van der Waals surface area contributed by atoms with Crippen molar-refractivity contribution in [2.75, 3.05) is 0 Å². The van der Waals surface area contributed by atoms with Gasteiger partial charge in [-0.15, -0.1) is 0 Å². The maximum atomic E-state index is 14.0. The zero-order valence-electron chi connectivity index (χ0n) is 22.3. The molecular weight excluding hydrogens is 505 g/mol. The van der Waals surface area contributed by atoms with Crippen LogP contribution in [0.4, 0.5) is 10.1 Å². The maximum Gasteiger partial charge on any atom is 0.267 e. The van der Waals surface area contributed by atoms with Crippen molar-refractivity contribution >= 4 is 45.5 Å². The van der Waals surface area contributed by atoms with E-state index in [4.69, 9.17) is 4.99 Å². The second-order valence-corrected chi connectivity index (χ2v) is 11.6. The smallest absolute Gasteiger partial charge is 0.267 e. The van der Waals surface area contributed by atoms with E-state index in [1.807, 2.05) is 59.5 Å². The highest BCUT2D eigenvalue weighted by atomic mass is 32.2. The van der Waals surface area contributed by atoms with Crippen molar-refractivity contribution in [2.24, 2.45) is 10.9 Å². The molecule has 1 aliphatic heterocycles. The van der Waals surface area contributed by atoms with Gasteiger partial charge in [0.25, 0.3) is 5.91 Å². The normalized spacial score (nSPS) is 21.9. The molecule has 1 aliphatic carbocycles. The minimum atomic E-state index is -0.237. The lowest BCUT2D eigenvalue weighted by Gasteiger charge is -2.35. The molecule has 0 unspecified atom stereocenters. The number of carbonyl (C=O) groups excluding carboxylic acids is 1. The van der Waals surface area contributed by atoms with E-state index in [1.165, 1.54) is 24.2 Å². The van der Waals surface area contributed by atoms with Crippen LogP contribution in [0.1, 0.15) is 49.4 Å². The van der Waals surface area contributed by atoms with Crippen molar-refractivity contribution in [1.29, 1.82) is 0 Å². The monoisotopic (exact) mass is 537 g/mol. The van der Waals surface area contributed by atoms with E-state index in [-0.39, 0.29) is 17.8 Å². The summed E-state index contributed by atoms with van der Waals surface area (Å²) in [6, 6.07) is 25.0. The number of hydrogen-bond acceptors (Lipinski definition) is 3. The van der Waals surface area contributed by atoms with Crippen molar-refractivity contribution in [3.05, 3.63) is 106 Å². The summed E-state index contributed by atoms with van der Waals surface area (Å²) < 4.78 is 16.1. The van der Waals surface area contributed by atoms with Crippen molar-refractivity contribution < 1.29 is 9.18 Å². The molecule has 1 aromatic heterocycles. The topological polar surface area (TPSA) is 37.6 Å². The Morgan fingerprint density at radius 2 is 1.77 bits per heavy atom. The fourth-order valence-electron chi connectivity index (χ4n) is 5.94. The average Bonchev–Trinajstić information content (AvgIpc) is 3.38. The molecule has 4 aromatic rings. The number of amidine groups is 1. The molecule has 3 aromatic carbocycles. The molecule has 0 spiro atoms. The first kappa shape index (κ1) is 25.6. The van der Waals surface area contributed by atoms with E-state index >= 15 is 0 Å². The van der Waals surface area contributed by atoms with Crippen LogP contribution in [0, 0.1) is 18.7 Å². The minimum absolute atomic E-state index is 0.0368. The van der Waals surface area contributed by atoms with Gasteiger partial charge in [0.05, 0.1) is 10.6 Å². The van der Waals surface area contributed by atoms with E-state index in [0.717, 1.165) is 57.8 Å². The largest absolute Gasteiger partial charge is 0.340 e. The van der Waals surface area contributed by atoms with E-state index in [9.17, 15) is 9.18 Å². The minimum Gasteiger partial charge on any atom is -0.340 e. The Hall–Kier alpha value is -3.64. The molecule has 1 amide bonds. The van der Waals surface area contributed by atoms with Crippen LogP contribution in [0.25, 0.3) is 17.0 Å². The fraction of sp³-hybridized carbons (Fsp3) is 0.273. The number of amides is 1. The molecule has 2 heterocycles. The van der Waals surface area contributed by atoms with Crippen molar-refractivity contribution in [2.45, 2.75) is 52.1 Å². The van der Waals surface area contributed by atoms with E-state index in [0.29, 0.717) is 17.4 Å². The Labute approximate surface area is 233 Å². The third kappa shape index (κ3) is 5.06. The quantitative estimate of drug-likeness (QED) is 0.240. The number of nitrogens with zero attached hydrogens (tertiary/aromatic N) is 3. The van der Waals surface area contributed by atoms with Gasteiger partial charge in [-0.05, 0) is 79.4 Å². The van der Waals surface area contributed by atoms with Crippen LogP contribution in [0.15, 0.2) is 88.8 Å². The van der Waals surface area contributed by atoms with Crippen molar-refractivity contribution in [3.63, 3.8) is 0 Å². The molecule has 198 valence electrons. The molecule has 39 heavy (non-hydrogen) atoms. The molecule has 6 heteroatoms. The molecule has 1 saturated heterocycles. The summed E-state index contributed by atoms with van der Waals surface area (Å²) in [6.45, 7) is 4.89. The van der Waals surface area contributed by atoms with Crippen LogP contribution < -0.4 is 0 Å². The molecular formula is C33H32FN3OS. The summed E-state index contributed by atoms with van der Waals surface area (Å²) in [5.74, 6) is 0.229. The first-order valence-corrected chi connectivity index (χ1v) is 14.5. The first-order valence-electron chi connectivity index (χ1n) is 13.7. The molecule has 0 bridgehead atoms. The van der Waals surface area contributed by atoms with E-state index in [1.54, 1.807) is 12.1 Å². The van der Waals surface area contributed by atoms with Crippen LogP contribution in [0.3, 0.4) is 0 Å². The van der Waals surface area contributed by atoms with Crippen molar-refractivity contribution in [1.82, 2.24) is 9.47 Å². The van der Waals surface area contributed by atoms with E-state index in [2.05, 4.69) is 30.5 Å². The Morgan fingerprint density at radius 1 is 1.00 bits per heavy atom. The predicted octanol–water partition coefficient (Wildman–Crippen LogP) is 8.32. The predicted molar refractivity (Wildman–Crippen MR) is 160 cm³/mol. The van der Waals surface area contributed by atoms with Gasteiger partial charge in [0.1, 0.15) is 5.82 Å². The molecule has 2 aliphatic rings. The van der Waals surface area contributed by atoms with Gasteiger partial charge in [-0.2, -0.15) is 0 Å². The molecule has 4 nitrogen and oxygen atoms in total. The average molecular weight is 538 g/mol. The Balaban J connectivity index is 1.43. The highest BCUT2D eigenvalue weighted by Gasteiger charge is 2.41. The second kappa shape index (κ2) is 10.9. The van der Waals surface area contributed by atoms with Gasteiger partial charge in [-0.1, -0.05) is 68.3 Å². The third-order valence-corrected chi connectivity index (χ3v) is 8.98. The van der Waals surface area contributed by atoms with E-state index < -0.39 is 0 Å². The van der Waals surface area contributed by atoms with Crippen LogP contribution in [0.2, 0.25) is 0 Å². The zero-order valence-corrected chi connectivity index (χ0v) is 23.1. The summed E-state index contributed by atoms with van der Waals surface area (Å²) in [7, 11) is 0. The number of benzene rings is 3.